The van der Waals surface area contributed by atoms with Crippen molar-refractivity contribution in [3.05, 3.63) is 59.1 Å². The maximum absolute atomic E-state index is 5.85. The number of aryl methyl sites for hydroxylation is 1. The van der Waals surface area contributed by atoms with Crippen molar-refractivity contribution >= 4 is 35.5 Å². The van der Waals surface area contributed by atoms with Crippen molar-refractivity contribution in [1.29, 1.82) is 0 Å². The highest BCUT2D eigenvalue weighted by Gasteiger charge is 2.12. The lowest BCUT2D eigenvalue weighted by atomic mass is 10.2. The quantitative estimate of drug-likeness (QED) is 0.796. The Morgan fingerprint density at radius 3 is 2.21 bits per heavy atom. The fraction of sp³-hybridized carbons (Fsp3) is 0.143. The van der Waals surface area contributed by atoms with Gasteiger partial charge in [0.2, 0.25) is 0 Å². The van der Waals surface area contributed by atoms with E-state index in [0.29, 0.717) is 5.02 Å². The van der Waals surface area contributed by atoms with Gasteiger partial charge in [-0.05, 0) is 55.1 Å². The van der Waals surface area contributed by atoms with E-state index in [-0.39, 0.29) is 0 Å². The lowest BCUT2D eigenvalue weighted by Gasteiger charge is -2.21. The van der Waals surface area contributed by atoms with Crippen LogP contribution >= 0.6 is 18.0 Å². The van der Waals surface area contributed by atoms with Crippen molar-refractivity contribution in [3.8, 4) is 5.75 Å². The molecule has 0 aromatic heterocycles. The van der Waals surface area contributed by atoms with Crippen LogP contribution in [0.25, 0.3) is 0 Å². The Kier molecular flexibility index (Phi) is 4.51. The van der Waals surface area contributed by atoms with Crippen molar-refractivity contribution in [1.82, 2.24) is 0 Å². The molecule has 0 radical (unpaired) electrons. The Morgan fingerprint density at radius 1 is 1.05 bits per heavy atom. The molecule has 0 heterocycles. The first kappa shape index (κ1) is 14.4. The van der Waals surface area contributed by atoms with Gasteiger partial charge < -0.3 is 9.61 Å². The second-order valence-corrected chi connectivity index (χ2v) is 8.99. The van der Waals surface area contributed by atoms with Gasteiger partial charge in [0.05, 0.1) is 0 Å². The number of hydrogen-bond donors (Lipinski definition) is 1. The molecule has 0 saturated carbocycles. The highest BCUT2D eigenvalue weighted by molar-refractivity contribution is 8.12. The van der Waals surface area contributed by atoms with Crippen LogP contribution in [0.2, 0.25) is 5.02 Å². The van der Waals surface area contributed by atoms with Crippen LogP contribution < -0.4 is 9.61 Å². The first-order chi connectivity index (χ1) is 8.94. The number of halogens is 1. The van der Waals surface area contributed by atoms with Gasteiger partial charge >= 0.3 is 0 Å². The Hall–Kier alpha value is -1.02. The highest BCUT2D eigenvalue weighted by Crippen LogP contribution is 2.43. The van der Waals surface area contributed by atoms with Gasteiger partial charge in [-0.25, -0.2) is 0 Å². The molecule has 5 heteroatoms. The third kappa shape index (κ3) is 4.54. The highest BCUT2D eigenvalue weighted by atomic mass is 35.5. The molecule has 0 aliphatic rings. The summed E-state index contributed by atoms with van der Waals surface area (Å²) in [6, 6.07) is 15.3. The van der Waals surface area contributed by atoms with Gasteiger partial charge in [0.15, 0.2) is 6.42 Å². The number of anilines is 1. The lowest BCUT2D eigenvalue weighted by molar-refractivity contribution is 0.620. The Balaban J connectivity index is 2.08. The van der Waals surface area contributed by atoms with Gasteiger partial charge in [-0.2, -0.15) is 0 Å². The van der Waals surface area contributed by atoms with Crippen molar-refractivity contribution in [3.63, 3.8) is 0 Å². The van der Waals surface area contributed by atoms with Crippen LogP contribution in [0.15, 0.2) is 48.5 Å². The van der Waals surface area contributed by atoms with Crippen molar-refractivity contribution in [2.45, 2.75) is 6.92 Å². The normalized spacial score (nSPS) is 13.6. The van der Waals surface area contributed by atoms with E-state index in [1.165, 1.54) is 5.56 Å². The Labute approximate surface area is 123 Å². The summed E-state index contributed by atoms with van der Waals surface area (Å²) in [6.07, 6.45) is -2.13. The Morgan fingerprint density at radius 2 is 1.63 bits per heavy atom. The van der Waals surface area contributed by atoms with E-state index in [4.69, 9.17) is 27.9 Å². The van der Waals surface area contributed by atoms with Crippen molar-refractivity contribution in [2.24, 2.45) is 0 Å². The van der Waals surface area contributed by atoms with E-state index in [9.17, 15) is 0 Å². The van der Waals surface area contributed by atoms with E-state index < -0.39 is 6.42 Å². The van der Waals surface area contributed by atoms with Crippen LogP contribution in [0, 0.1) is 6.92 Å². The van der Waals surface area contributed by atoms with Crippen LogP contribution in [0.5, 0.6) is 5.75 Å². The third-order valence-electron chi connectivity index (χ3n) is 2.48. The molecule has 1 atom stereocenters. The molecule has 2 nitrogen and oxygen atoms in total. The van der Waals surface area contributed by atoms with Crippen LogP contribution in [0.3, 0.4) is 0 Å². The second-order valence-electron chi connectivity index (χ2n) is 4.37. The van der Waals surface area contributed by atoms with Gasteiger partial charge in [-0.3, -0.25) is 0 Å². The van der Waals surface area contributed by atoms with Crippen molar-refractivity contribution in [2.75, 3.05) is 11.8 Å². The molecule has 0 amide bonds. The molecule has 0 aliphatic carbocycles. The number of rotatable bonds is 4. The SMILES string of the molecule is Cc1ccc(NP(C)(=S)Oc2ccc(Cl)cc2)cc1. The number of hydrogen-bond acceptors (Lipinski definition) is 2. The molecular formula is C14H15ClNOPS. The molecule has 0 bridgehead atoms. The zero-order valence-corrected chi connectivity index (χ0v) is 13.2. The molecule has 0 fully saturated rings. The predicted molar refractivity (Wildman–Crippen MR) is 87.1 cm³/mol. The van der Waals surface area contributed by atoms with Crippen molar-refractivity contribution < 1.29 is 4.52 Å². The summed E-state index contributed by atoms with van der Waals surface area (Å²) in [5.74, 6) is 0.731. The maximum Gasteiger partial charge on any atom is 0.199 e. The van der Waals surface area contributed by atoms with Crippen LogP contribution in [0.1, 0.15) is 5.56 Å². The molecule has 2 rings (SSSR count). The summed E-state index contributed by atoms with van der Waals surface area (Å²) in [4.78, 5) is 0. The minimum Gasteiger partial charge on any atom is -0.449 e. The van der Waals surface area contributed by atoms with E-state index in [0.717, 1.165) is 11.4 Å². The summed E-state index contributed by atoms with van der Waals surface area (Å²) < 4.78 is 5.85. The van der Waals surface area contributed by atoms with Gasteiger partial charge in [0, 0.05) is 17.4 Å². The second kappa shape index (κ2) is 5.96. The standard InChI is InChI=1S/C14H15ClNOPS/c1-11-3-7-13(8-4-11)16-18(2,19)17-14-9-5-12(15)6-10-14/h3-10H,1-2H3,(H,16,19). The minimum atomic E-state index is -2.13. The monoisotopic (exact) mass is 311 g/mol. The smallest absolute Gasteiger partial charge is 0.199 e. The molecule has 100 valence electrons. The maximum atomic E-state index is 5.85. The predicted octanol–water partition coefficient (Wildman–Crippen LogP) is 5.08. The molecule has 2 aromatic carbocycles. The van der Waals surface area contributed by atoms with Gasteiger partial charge in [-0.15, -0.1) is 0 Å². The molecule has 0 aliphatic heterocycles. The summed E-state index contributed by atoms with van der Waals surface area (Å²) >= 11 is 11.4. The fourth-order valence-electron chi connectivity index (χ4n) is 1.58. The van der Waals surface area contributed by atoms with Crippen LogP contribution in [-0.2, 0) is 11.8 Å². The van der Waals surface area contributed by atoms with E-state index >= 15 is 0 Å². The molecular weight excluding hydrogens is 297 g/mol. The Bertz CT molecular complexity index is 546. The zero-order valence-electron chi connectivity index (χ0n) is 10.8. The zero-order chi connectivity index (χ0) is 13.9. The topological polar surface area (TPSA) is 21.3 Å². The van der Waals surface area contributed by atoms with Gasteiger partial charge in [0.1, 0.15) is 5.75 Å². The fourth-order valence-corrected chi connectivity index (χ4v) is 3.47. The van der Waals surface area contributed by atoms with E-state index in [1.54, 1.807) is 12.1 Å². The third-order valence-corrected chi connectivity index (χ3v) is 4.45. The summed E-state index contributed by atoms with van der Waals surface area (Å²) in [5, 5.41) is 3.96. The summed E-state index contributed by atoms with van der Waals surface area (Å²) in [6.45, 7) is 3.97. The van der Waals surface area contributed by atoms with Gasteiger partial charge in [0.25, 0.3) is 0 Å². The molecule has 1 N–H and O–H groups in total. The van der Waals surface area contributed by atoms with E-state index in [1.807, 2.05) is 43.1 Å². The largest absolute Gasteiger partial charge is 0.449 e. The first-order valence-corrected chi connectivity index (χ1v) is 9.37. The van der Waals surface area contributed by atoms with Gasteiger partial charge in [-0.1, -0.05) is 29.3 Å². The number of benzene rings is 2. The molecule has 0 spiro atoms. The first-order valence-electron chi connectivity index (χ1n) is 5.82. The van der Waals surface area contributed by atoms with Crippen LogP contribution in [-0.4, -0.2) is 6.66 Å². The minimum absolute atomic E-state index is 0.684. The summed E-state index contributed by atoms with van der Waals surface area (Å²) in [7, 11) is 0. The summed E-state index contributed by atoms with van der Waals surface area (Å²) in [5.41, 5.74) is 2.19. The average molecular weight is 312 g/mol. The van der Waals surface area contributed by atoms with Crippen LogP contribution in [0.4, 0.5) is 5.69 Å². The molecule has 1 unspecified atom stereocenters. The lowest BCUT2D eigenvalue weighted by Crippen LogP contribution is -2.01. The molecule has 19 heavy (non-hydrogen) atoms. The molecule has 2 aromatic rings. The number of nitrogens with one attached hydrogen (secondary N) is 1. The van der Waals surface area contributed by atoms with E-state index in [2.05, 4.69) is 12.0 Å². The average Bonchev–Trinajstić information content (AvgIpc) is 2.34. The molecule has 0 saturated heterocycles.